The van der Waals surface area contributed by atoms with Gasteiger partial charge in [0, 0.05) is 39.3 Å². The lowest BCUT2D eigenvalue weighted by Gasteiger charge is -2.45. The summed E-state index contributed by atoms with van der Waals surface area (Å²) in [5, 5.41) is 2.93. The van der Waals surface area contributed by atoms with Crippen LogP contribution in [0.2, 0.25) is 0 Å². The van der Waals surface area contributed by atoms with Gasteiger partial charge < -0.3 is 10.2 Å². The van der Waals surface area contributed by atoms with E-state index < -0.39 is 0 Å². The molecule has 1 aromatic rings. The van der Waals surface area contributed by atoms with E-state index in [2.05, 4.69) is 40.5 Å². The normalized spacial score (nSPS) is 25.7. The smallest absolute Gasteiger partial charge is 0.317 e. The SMILES string of the molecule is CCNC(=O)N1CC2CC(CN(Cc3ccccc3)C2)C1. The maximum absolute atomic E-state index is 12.0. The molecular weight excluding hydrogens is 262 g/mol. The van der Waals surface area contributed by atoms with Gasteiger partial charge in [-0.2, -0.15) is 0 Å². The summed E-state index contributed by atoms with van der Waals surface area (Å²) in [6, 6.07) is 10.8. The van der Waals surface area contributed by atoms with Crippen LogP contribution in [0, 0.1) is 11.8 Å². The summed E-state index contributed by atoms with van der Waals surface area (Å²) in [5.74, 6) is 1.26. The molecule has 2 aliphatic heterocycles. The first-order valence-electron chi connectivity index (χ1n) is 8.03. The zero-order valence-corrected chi connectivity index (χ0v) is 12.8. The quantitative estimate of drug-likeness (QED) is 0.925. The molecular formula is C17H25N3O. The average molecular weight is 287 g/mol. The van der Waals surface area contributed by atoms with E-state index in [9.17, 15) is 4.79 Å². The minimum Gasteiger partial charge on any atom is -0.338 e. The zero-order valence-electron chi connectivity index (χ0n) is 12.8. The van der Waals surface area contributed by atoms with Gasteiger partial charge in [-0.25, -0.2) is 4.79 Å². The van der Waals surface area contributed by atoms with Gasteiger partial charge in [0.2, 0.25) is 0 Å². The number of amides is 2. The molecule has 2 heterocycles. The molecule has 21 heavy (non-hydrogen) atoms. The fraction of sp³-hybridized carbons (Fsp3) is 0.588. The Morgan fingerprint density at radius 2 is 1.81 bits per heavy atom. The number of carbonyl (C=O) groups excluding carboxylic acids is 1. The van der Waals surface area contributed by atoms with Crippen LogP contribution in [0.1, 0.15) is 18.9 Å². The zero-order chi connectivity index (χ0) is 14.7. The van der Waals surface area contributed by atoms with Crippen LogP contribution in [0.4, 0.5) is 4.79 Å². The van der Waals surface area contributed by atoms with Crippen LogP contribution in [0.15, 0.2) is 30.3 Å². The fourth-order valence-electron chi connectivity index (χ4n) is 3.79. The van der Waals surface area contributed by atoms with Crippen molar-refractivity contribution in [1.29, 1.82) is 0 Å². The summed E-state index contributed by atoms with van der Waals surface area (Å²) >= 11 is 0. The highest BCUT2D eigenvalue weighted by atomic mass is 16.2. The molecule has 2 saturated heterocycles. The molecule has 0 radical (unpaired) electrons. The second-order valence-corrected chi connectivity index (χ2v) is 6.39. The Morgan fingerprint density at radius 1 is 1.14 bits per heavy atom. The summed E-state index contributed by atoms with van der Waals surface area (Å²) in [6.07, 6.45) is 1.28. The van der Waals surface area contributed by atoms with Gasteiger partial charge >= 0.3 is 6.03 Å². The van der Waals surface area contributed by atoms with Crippen molar-refractivity contribution in [3.05, 3.63) is 35.9 Å². The van der Waals surface area contributed by atoms with Gasteiger partial charge in [-0.1, -0.05) is 30.3 Å². The summed E-state index contributed by atoms with van der Waals surface area (Å²) in [6.45, 7) is 7.77. The van der Waals surface area contributed by atoms with Gasteiger partial charge in [-0.05, 0) is 30.7 Å². The molecule has 2 amide bonds. The minimum atomic E-state index is 0.115. The first-order chi connectivity index (χ1) is 10.2. The molecule has 2 fully saturated rings. The molecule has 2 bridgehead atoms. The molecule has 2 unspecified atom stereocenters. The minimum absolute atomic E-state index is 0.115. The second kappa shape index (κ2) is 6.48. The molecule has 0 aliphatic carbocycles. The van der Waals surface area contributed by atoms with Crippen LogP contribution in [-0.2, 0) is 6.54 Å². The number of fused-ring (bicyclic) bond motifs is 2. The van der Waals surface area contributed by atoms with Crippen molar-refractivity contribution in [2.24, 2.45) is 11.8 Å². The molecule has 4 nitrogen and oxygen atoms in total. The van der Waals surface area contributed by atoms with E-state index in [1.54, 1.807) is 0 Å². The van der Waals surface area contributed by atoms with E-state index in [0.29, 0.717) is 18.4 Å². The van der Waals surface area contributed by atoms with E-state index in [4.69, 9.17) is 0 Å². The Balaban J connectivity index is 1.57. The van der Waals surface area contributed by atoms with Crippen LogP contribution in [0.5, 0.6) is 0 Å². The van der Waals surface area contributed by atoms with Crippen molar-refractivity contribution in [3.8, 4) is 0 Å². The fourth-order valence-corrected chi connectivity index (χ4v) is 3.79. The van der Waals surface area contributed by atoms with E-state index in [-0.39, 0.29) is 6.03 Å². The molecule has 114 valence electrons. The third kappa shape index (κ3) is 3.56. The van der Waals surface area contributed by atoms with Gasteiger partial charge in [0.1, 0.15) is 0 Å². The lowest BCUT2D eigenvalue weighted by molar-refractivity contribution is 0.0428. The number of likely N-dealkylation sites (tertiary alicyclic amines) is 2. The predicted molar refractivity (Wildman–Crippen MR) is 84.0 cm³/mol. The third-order valence-corrected chi connectivity index (χ3v) is 4.52. The number of rotatable bonds is 3. The lowest BCUT2D eigenvalue weighted by Crippen LogP contribution is -2.55. The van der Waals surface area contributed by atoms with Crippen molar-refractivity contribution >= 4 is 6.03 Å². The van der Waals surface area contributed by atoms with Gasteiger partial charge in [-0.3, -0.25) is 4.90 Å². The highest BCUT2D eigenvalue weighted by Gasteiger charge is 2.35. The number of benzene rings is 1. The van der Waals surface area contributed by atoms with Crippen LogP contribution in [-0.4, -0.2) is 48.6 Å². The number of piperidine rings is 2. The topological polar surface area (TPSA) is 35.6 Å². The van der Waals surface area contributed by atoms with Crippen molar-refractivity contribution in [2.45, 2.75) is 19.9 Å². The molecule has 2 aliphatic rings. The number of urea groups is 1. The Morgan fingerprint density at radius 3 is 2.43 bits per heavy atom. The maximum atomic E-state index is 12.0. The summed E-state index contributed by atoms with van der Waals surface area (Å²) < 4.78 is 0. The summed E-state index contributed by atoms with van der Waals surface area (Å²) in [5.41, 5.74) is 1.39. The third-order valence-electron chi connectivity index (χ3n) is 4.52. The number of hydrogen-bond donors (Lipinski definition) is 1. The number of nitrogens with one attached hydrogen (secondary N) is 1. The highest BCUT2D eigenvalue weighted by Crippen LogP contribution is 2.29. The molecule has 4 heteroatoms. The molecule has 0 aromatic heterocycles. The Hall–Kier alpha value is -1.55. The van der Waals surface area contributed by atoms with Crippen LogP contribution in [0.3, 0.4) is 0 Å². The summed E-state index contributed by atoms with van der Waals surface area (Å²) in [4.78, 5) is 16.6. The molecule has 2 atom stereocenters. The van der Waals surface area contributed by atoms with Crippen LogP contribution < -0.4 is 5.32 Å². The molecule has 0 spiro atoms. The van der Waals surface area contributed by atoms with Gasteiger partial charge in [0.25, 0.3) is 0 Å². The lowest BCUT2D eigenvalue weighted by atomic mass is 9.84. The monoisotopic (exact) mass is 287 g/mol. The Bertz CT molecular complexity index is 462. The number of nitrogens with zero attached hydrogens (tertiary/aromatic N) is 2. The summed E-state index contributed by atoms with van der Waals surface area (Å²) in [7, 11) is 0. The standard InChI is InChI=1S/C17H25N3O/c1-2-18-17(21)20-12-15-8-16(13-20)11-19(10-15)9-14-6-4-3-5-7-14/h3-7,15-16H,2,8-13H2,1H3,(H,18,21). The van der Waals surface area contributed by atoms with E-state index in [1.807, 2.05) is 11.8 Å². The van der Waals surface area contributed by atoms with Crippen molar-refractivity contribution < 1.29 is 4.79 Å². The van der Waals surface area contributed by atoms with Crippen molar-refractivity contribution in [3.63, 3.8) is 0 Å². The first kappa shape index (κ1) is 14.4. The maximum Gasteiger partial charge on any atom is 0.317 e. The molecule has 1 aromatic carbocycles. The first-order valence-corrected chi connectivity index (χ1v) is 8.03. The molecule has 1 N–H and O–H groups in total. The molecule has 0 saturated carbocycles. The predicted octanol–water partition coefficient (Wildman–Crippen LogP) is 2.17. The Labute approximate surface area is 127 Å². The van der Waals surface area contributed by atoms with E-state index in [0.717, 1.165) is 32.7 Å². The van der Waals surface area contributed by atoms with Crippen LogP contribution in [0.25, 0.3) is 0 Å². The highest BCUT2D eigenvalue weighted by molar-refractivity contribution is 5.74. The van der Waals surface area contributed by atoms with Crippen molar-refractivity contribution in [1.82, 2.24) is 15.1 Å². The van der Waals surface area contributed by atoms with E-state index in [1.165, 1.54) is 12.0 Å². The van der Waals surface area contributed by atoms with Gasteiger partial charge in [-0.15, -0.1) is 0 Å². The Kier molecular flexibility index (Phi) is 4.44. The molecule has 3 rings (SSSR count). The number of hydrogen-bond acceptors (Lipinski definition) is 2. The van der Waals surface area contributed by atoms with Gasteiger partial charge in [0.15, 0.2) is 0 Å². The number of carbonyl (C=O) groups is 1. The van der Waals surface area contributed by atoms with Crippen molar-refractivity contribution in [2.75, 3.05) is 32.7 Å². The van der Waals surface area contributed by atoms with Crippen LogP contribution >= 0.6 is 0 Å². The van der Waals surface area contributed by atoms with E-state index >= 15 is 0 Å². The second-order valence-electron chi connectivity index (χ2n) is 6.39. The largest absolute Gasteiger partial charge is 0.338 e. The average Bonchev–Trinajstić information content (AvgIpc) is 2.47. The van der Waals surface area contributed by atoms with Gasteiger partial charge in [0.05, 0.1) is 0 Å².